The summed E-state index contributed by atoms with van der Waals surface area (Å²) in [5, 5.41) is 17.5. The molecule has 2 heterocycles. The van der Waals surface area contributed by atoms with Crippen molar-refractivity contribution in [3.05, 3.63) is 62.8 Å². The Labute approximate surface area is 177 Å². The third kappa shape index (κ3) is 3.18. The van der Waals surface area contributed by atoms with Crippen molar-refractivity contribution in [3.8, 4) is 6.07 Å². The zero-order valence-electron chi connectivity index (χ0n) is 15.8. The number of aromatic amines is 1. The highest BCUT2D eigenvalue weighted by molar-refractivity contribution is 6.35. The van der Waals surface area contributed by atoms with Crippen LogP contribution in [0, 0.1) is 16.7 Å². The van der Waals surface area contributed by atoms with Gasteiger partial charge in [0.25, 0.3) is 0 Å². The van der Waals surface area contributed by atoms with E-state index in [0.29, 0.717) is 45.7 Å². The number of ketones is 1. The molecule has 1 aromatic carbocycles. The number of rotatable bonds is 2. The second-order valence-electron chi connectivity index (χ2n) is 7.96. The number of nitrogens with two attached hydrogens (primary N) is 1. The molecule has 3 N–H and O–H groups in total. The van der Waals surface area contributed by atoms with Crippen LogP contribution in [0.2, 0.25) is 10.0 Å². The summed E-state index contributed by atoms with van der Waals surface area (Å²) < 4.78 is 0. The number of carbonyl (C=O) groups excluding carboxylic acids is 1. The minimum Gasteiger partial charge on any atom is -0.384 e. The zero-order chi connectivity index (χ0) is 20.9. The summed E-state index contributed by atoms with van der Waals surface area (Å²) in [6.45, 7) is 4.05. The van der Waals surface area contributed by atoms with E-state index >= 15 is 0 Å². The Hall–Kier alpha value is -2.82. The molecular formula is C20H18Cl2N6O. The van der Waals surface area contributed by atoms with Crippen molar-refractivity contribution in [1.82, 2.24) is 15.2 Å². The fraction of sp³-hybridized carbons (Fsp3) is 0.300. The predicted octanol–water partition coefficient (Wildman–Crippen LogP) is 4.05. The summed E-state index contributed by atoms with van der Waals surface area (Å²) in [5.41, 5.74) is 8.25. The average Bonchev–Trinajstić information content (AvgIpc) is 3.14. The molecule has 29 heavy (non-hydrogen) atoms. The molecular weight excluding hydrogens is 411 g/mol. The van der Waals surface area contributed by atoms with Crippen molar-refractivity contribution in [2.24, 2.45) is 11.1 Å². The van der Waals surface area contributed by atoms with Crippen molar-refractivity contribution in [2.45, 2.75) is 32.6 Å². The lowest BCUT2D eigenvalue weighted by molar-refractivity contribution is -0.118. The molecule has 0 saturated heterocycles. The van der Waals surface area contributed by atoms with Crippen molar-refractivity contribution in [2.75, 3.05) is 4.90 Å². The maximum atomic E-state index is 13.3. The SMILES string of the molecule is CC1(C)CC(=O)C2=C(C1)N(c1ncn[nH]1)C(N)=C(C#N)C2c1ccc(Cl)cc1Cl. The number of hydrogen-bond acceptors (Lipinski definition) is 6. The largest absolute Gasteiger partial charge is 0.384 e. The van der Waals surface area contributed by atoms with Gasteiger partial charge >= 0.3 is 0 Å². The molecule has 4 rings (SSSR count). The number of aromatic nitrogens is 3. The van der Waals surface area contributed by atoms with E-state index in [0.717, 1.165) is 0 Å². The summed E-state index contributed by atoms with van der Waals surface area (Å²) in [6.07, 6.45) is 2.29. The lowest BCUT2D eigenvalue weighted by Gasteiger charge is -2.42. The summed E-state index contributed by atoms with van der Waals surface area (Å²) in [5.74, 6) is -0.155. The van der Waals surface area contributed by atoms with Crippen molar-refractivity contribution >= 4 is 34.9 Å². The smallest absolute Gasteiger partial charge is 0.231 e. The molecule has 2 aliphatic rings. The molecule has 148 valence electrons. The summed E-state index contributed by atoms with van der Waals surface area (Å²) in [6, 6.07) is 7.21. The van der Waals surface area contributed by atoms with Crippen molar-refractivity contribution in [1.29, 1.82) is 5.26 Å². The number of nitrogens with zero attached hydrogens (tertiary/aromatic N) is 4. The number of Topliss-reactive ketones (excluding diaryl/α,β-unsaturated/α-hetero) is 1. The van der Waals surface area contributed by atoms with Crippen LogP contribution >= 0.6 is 23.2 Å². The standard InChI is InChI=1S/C20H18Cl2N6O/c1-20(2)6-14-17(15(29)7-20)16(11-4-3-10(21)5-13(11)22)12(8-23)18(24)28(14)19-25-9-26-27-19/h3-5,9,16H,6-7,24H2,1-2H3,(H,25,26,27). The summed E-state index contributed by atoms with van der Waals surface area (Å²) >= 11 is 12.5. The van der Waals surface area contributed by atoms with E-state index in [4.69, 9.17) is 28.9 Å². The lowest BCUT2D eigenvalue weighted by atomic mass is 9.68. The van der Waals surface area contributed by atoms with E-state index in [2.05, 4.69) is 21.3 Å². The minimum atomic E-state index is -0.664. The van der Waals surface area contributed by atoms with Gasteiger partial charge in [-0.05, 0) is 29.5 Å². The second kappa shape index (κ2) is 6.90. The molecule has 1 aliphatic carbocycles. The van der Waals surface area contributed by atoms with Crippen LogP contribution in [0.5, 0.6) is 0 Å². The Kier molecular flexibility index (Phi) is 4.64. The van der Waals surface area contributed by atoms with E-state index in [-0.39, 0.29) is 22.6 Å². The monoisotopic (exact) mass is 428 g/mol. The van der Waals surface area contributed by atoms with Gasteiger partial charge in [-0.2, -0.15) is 15.3 Å². The van der Waals surface area contributed by atoms with E-state index in [1.54, 1.807) is 23.1 Å². The van der Waals surface area contributed by atoms with E-state index in [9.17, 15) is 10.1 Å². The van der Waals surface area contributed by atoms with Gasteiger partial charge in [-0.15, -0.1) is 0 Å². The van der Waals surface area contributed by atoms with E-state index in [1.165, 1.54) is 6.33 Å². The first-order chi connectivity index (χ1) is 13.7. The molecule has 1 aliphatic heterocycles. The molecule has 2 aromatic rings. The lowest BCUT2D eigenvalue weighted by Crippen LogP contribution is -2.42. The predicted molar refractivity (Wildman–Crippen MR) is 110 cm³/mol. The van der Waals surface area contributed by atoms with Gasteiger partial charge in [0, 0.05) is 27.7 Å². The third-order valence-electron chi connectivity index (χ3n) is 5.27. The van der Waals surface area contributed by atoms with Gasteiger partial charge in [0.2, 0.25) is 5.95 Å². The van der Waals surface area contributed by atoms with E-state index in [1.807, 2.05) is 13.8 Å². The van der Waals surface area contributed by atoms with Crippen molar-refractivity contribution in [3.63, 3.8) is 0 Å². The second-order valence-corrected chi connectivity index (χ2v) is 8.80. The highest BCUT2D eigenvalue weighted by atomic mass is 35.5. The first-order valence-corrected chi connectivity index (χ1v) is 9.75. The fourth-order valence-corrected chi connectivity index (χ4v) is 4.62. The third-order valence-corrected chi connectivity index (χ3v) is 5.83. The van der Waals surface area contributed by atoms with Crippen molar-refractivity contribution < 1.29 is 4.79 Å². The van der Waals surface area contributed by atoms with Gasteiger partial charge in [0.1, 0.15) is 12.1 Å². The Balaban J connectivity index is 2.02. The number of H-pyrrole nitrogens is 1. The quantitative estimate of drug-likeness (QED) is 0.745. The zero-order valence-corrected chi connectivity index (χ0v) is 17.3. The number of nitriles is 1. The normalized spacial score (nSPS) is 21.3. The Morgan fingerprint density at radius 3 is 2.72 bits per heavy atom. The van der Waals surface area contributed by atoms with Crippen LogP contribution in [-0.2, 0) is 4.79 Å². The highest BCUT2D eigenvalue weighted by Crippen LogP contribution is 2.50. The molecule has 0 amide bonds. The number of halogens is 2. The Bertz CT molecular complexity index is 1110. The molecule has 1 aromatic heterocycles. The first-order valence-electron chi connectivity index (χ1n) is 9.00. The number of benzene rings is 1. The van der Waals surface area contributed by atoms with Crippen LogP contribution in [0.4, 0.5) is 5.95 Å². The molecule has 0 bridgehead atoms. The van der Waals surface area contributed by atoms with Gasteiger partial charge < -0.3 is 5.73 Å². The van der Waals surface area contributed by atoms with Crippen LogP contribution in [0.1, 0.15) is 38.2 Å². The van der Waals surface area contributed by atoms with Crippen LogP contribution in [0.3, 0.4) is 0 Å². The van der Waals surface area contributed by atoms with Gasteiger partial charge in [-0.1, -0.05) is 43.1 Å². The number of carbonyl (C=O) groups is 1. The first kappa shape index (κ1) is 19.5. The molecule has 0 radical (unpaired) electrons. The Morgan fingerprint density at radius 2 is 2.10 bits per heavy atom. The highest BCUT2D eigenvalue weighted by Gasteiger charge is 2.45. The fourth-order valence-electron chi connectivity index (χ4n) is 4.10. The summed E-state index contributed by atoms with van der Waals surface area (Å²) in [7, 11) is 0. The molecule has 9 heteroatoms. The van der Waals surface area contributed by atoms with Crippen LogP contribution < -0.4 is 10.6 Å². The minimum absolute atomic E-state index is 0.0444. The number of hydrogen-bond donors (Lipinski definition) is 2. The molecule has 0 fully saturated rings. The van der Waals surface area contributed by atoms with Gasteiger partial charge in [-0.3, -0.25) is 9.69 Å². The molecule has 1 unspecified atom stereocenters. The average molecular weight is 429 g/mol. The van der Waals surface area contributed by atoms with Gasteiger partial charge in [0.15, 0.2) is 5.78 Å². The van der Waals surface area contributed by atoms with Crippen LogP contribution in [0.15, 0.2) is 47.2 Å². The Morgan fingerprint density at radius 1 is 1.34 bits per heavy atom. The number of anilines is 1. The van der Waals surface area contributed by atoms with Crippen LogP contribution in [0.25, 0.3) is 0 Å². The van der Waals surface area contributed by atoms with Gasteiger partial charge in [-0.25, -0.2) is 5.10 Å². The number of allylic oxidation sites excluding steroid dienone is 3. The molecule has 0 spiro atoms. The van der Waals surface area contributed by atoms with E-state index < -0.39 is 5.92 Å². The maximum absolute atomic E-state index is 13.3. The number of nitrogens with one attached hydrogen (secondary N) is 1. The summed E-state index contributed by atoms with van der Waals surface area (Å²) in [4.78, 5) is 19.1. The van der Waals surface area contributed by atoms with Crippen LogP contribution in [-0.4, -0.2) is 21.0 Å². The maximum Gasteiger partial charge on any atom is 0.231 e. The topological polar surface area (TPSA) is 112 Å². The molecule has 0 saturated carbocycles. The van der Waals surface area contributed by atoms with Gasteiger partial charge in [0.05, 0.1) is 17.6 Å². The molecule has 7 nitrogen and oxygen atoms in total. The molecule has 1 atom stereocenters.